The smallest absolute Gasteiger partial charge is 0.256 e. The maximum absolute atomic E-state index is 12.2. The lowest BCUT2D eigenvalue weighted by Crippen LogP contribution is -2.48. The molecular formula is C25H25N3O. The van der Waals surface area contributed by atoms with Crippen LogP contribution in [0.1, 0.15) is 39.9 Å². The summed E-state index contributed by atoms with van der Waals surface area (Å²) in [7, 11) is 0. The minimum atomic E-state index is 0.00903. The zero-order valence-electron chi connectivity index (χ0n) is 16.5. The van der Waals surface area contributed by atoms with Crippen molar-refractivity contribution in [2.24, 2.45) is 0 Å². The minimum Gasteiger partial charge on any atom is -0.321 e. The molecule has 29 heavy (non-hydrogen) atoms. The topological polar surface area (TPSA) is 44.4 Å². The van der Waals surface area contributed by atoms with E-state index in [4.69, 9.17) is 0 Å². The summed E-state index contributed by atoms with van der Waals surface area (Å²) < 4.78 is 0. The van der Waals surface area contributed by atoms with Crippen LogP contribution in [-0.4, -0.2) is 37.0 Å². The van der Waals surface area contributed by atoms with Crippen molar-refractivity contribution in [1.29, 1.82) is 0 Å². The molecule has 3 aromatic rings. The van der Waals surface area contributed by atoms with Gasteiger partial charge in [-0.05, 0) is 53.5 Å². The highest BCUT2D eigenvalue weighted by atomic mass is 16.1. The number of nitrogens with zero attached hydrogens (tertiary/aromatic N) is 1. The van der Waals surface area contributed by atoms with E-state index in [0.29, 0.717) is 0 Å². The molecule has 0 unspecified atom stereocenters. The van der Waals surface area contributed by atoms with Crippen molar-refractivity contribution in [1.82, 2.24) is 10.2 Å². The predicted molar refractivity (Wildman–Crippen MR) is 117 cm³/mol. The van der Waals surface area contributed by atoms with Gasteiger partial charge in [-0.3, -0.25) is 9.69 Å². The number of anilines is 1. The normalized spacial score (nSPS) is 20.1. The van der Waals surface area contributed by atoms with Crippen molar-refractivity contribution < 1.29 is 4.79 Å². The molecule has 4 heteroatoms. The van der Waals surface area contributed by atoms with Crippen LogP contribution in [0.15, 0.2) is 54.6 Å². The van der Waals surface area contributed by atoms with Crippen LogP contribution in [0.4, 0.5) is 5.69 Å². The Morgan fingerprint density at radius 1 is 0.931 bits per heavy atom. The zero-order chi connectivity index (χ0) is 19.4. The Morgan fingerprint density at radius 3 is 2.48 bits per heavy atom. The fourth-order valence-corrected chi connectivity index (χ4v) is 5.26. The summed E-state index contributed by atoms with van der Waals surface area (Å²) in [6, 6.07) is 19.5. The van der Waals surface area contributed by atoms with E-state index in [2.05, 4.69) is 51.9 Å². The molecule has 0 radical (unpaired) electrons. The van der Waals surface area contributed by atoms with E-state index in [9.17, 15) is 4.79 Å². The third-order valence-corrected chi connectivity index (χ3v) is 6.96. The van der Waals surface area contributed by atoms with Gasteiger partial charge in [0.25, 0.3) is 5.91 Å². The van der Waals surface area contributed by atoms with Gasteiger partial charge in [-0.15, -0.1) is 0 Å². The maximum Gasteiger partial charge on any atom is 0.256 e. The number of benzene rings is 3. The lowest BCUT2D eigenvalue weighted by Gasteiger charge is -2.35. The lowest BCUT2D eigenvalue weighted by atomic mass is 9.94. The number of amides is 1. The molecule has 6 rings (SSSR count). The summed E-state index contributed by atoms with van der Waals surface area (Å²) in [5.74, 6) is 0.00903. The molecule has 2 N–H and O–H groups in total. The zero-order valence-corrected chi connectivity index (χ0v) is 16.5. The number of hydrogen-bond donors (Lipinski definition) is 2. The van der Waals surface area contributed by atoms with Gasteiger partial charge in [-0.25, -0.2) is 0 Å². The van der Waals surface area contributed by atoms with Crippen molar-refractivity contribution in [3.8, 4) is 0 Å². The molecular weight excluding hydrogens is 358 g/mol. The van der Waals surface area contributed by atoms with Crippen LogP contribution in [0, 0.1) is 0 Å². The van der Waals surface area contributed by atoms with Gasteiger partial charge in [0, 0.05) is 48.4 Å². The Balaban J connectivity index is 1.29. The molecule has 0 bridgehead atoms. The van der Waals surface area contributed by atoms with Gasteiger partial charge in [0.05, 0.1) is 0 Å². The highest BCUT2D eigenvalue weighted by molar-refractivity contribution is 6.24. The van der Waals surface area contributed by atoms with Gasteiger partial charge < -0.3 is 10.6 Å². The SMILES string of the molecule is O=C1Nc2ccc(Cc3ccc(C4(N5CCNCC5)CC4)cc3)c3cccc1c23. The van der Waals surface area contributed by atoms with Crippen molar-refractivity contribution in [2.75, 3.05) is 31.5 Å². The maximum atomic E-state index is 12.2. The molecule has 0 atom stereocenters. The molecule has 1 saturated heterocycles. The second-order valence-corrected chi connectivity index (χ2v) is 8.60. The van der Waals surface area contributed by atoms with E-state index in [-0.39, 0.29) is 11.4 Å². The van der Waals surface area contributed by atoms with Crippen LogP contribution in [0.3, 0.4) is 0 Å². The first kappa shape index (κ1) is 17.2. The molecule has 2 heterocycles. The van der Waals surface area contributed by atoms with E-state index >= 15 is 0 Å². The first-order chi connectivity index (χ1) is 14.2. The summed E-state index contributed by atoms with van der Waals surface area (Å²) >= 11 is 0. The molecule has 0 aromatic heterocycles. The van der Waals surface area contributed by atoms with Crippen LogP contribution >= 0.6 is 0 Å². The van der Waals surface area contributed by atoms with Gasteiger partial charge in [-0.2, -0.15) is 0 Å². The highest BCUT2D eigenvalue weighted by Gasteiger charge is 2.49. The molecule has 1 aliphatic carbocycles. The number of rotatable bonds is 4. The first-order valence-electron chi connectivity index (χ1n) is 10.7. The summed E-state index contributed by atoms with van der Waals surface area (Å²) in [5.41, 5.74) is 6.08. The summed E-state index contributed by atoms with van der Waals surface area (Å²) in [6.45, 7) is 4.49. The number of carbonyl (C=O) groups excluding carboxylic acids is 1. The standard InChI is InChI=1S/C25H25N3O/c29-24-21-3-1-2-20-18(6-9-22(27-24)23(20)21)16-17-4-7-19(8-5-17)25(10-11-25)28-14-12-26-13-15-28/h1-9,26H,10-16H2,(H,27,29). The van der Waals surface area contributed by atoms with Crippen molar-refractivity contribution in [3.63, 3.8) is 0 Å². The largest absolute Gasteiger partial charge is 0.321 e. The lowest BCUT2D eigenvalue weighted by molar-refractivity contribution is 0.103. The number of piperazine rings is 1. The first-order valence-corrected chi connectivity index (χ1v) is 10.7. The molecule has 0 spiro atoms. The van der Waals surface area contributed by atoms with E-state index in [1.54, 1.807) is 0 Å². The molecule has 1 amide bonds. The third-order valence-electron chi connectivity index (χ3n) is 6.96. The van der Waals surface area contributed by atoms with Crippen molar-refractivity contribution in [2.45, 2.75) is 24.8 Å². The van der Waals surface area contributed by atoms with Crippen molar-refractivity contribution in [3.05, 3.63) is 76.9 Å². The predicted octanol–water partition coefficient (Wildman–Crippen LogP) is 3.89. The van der Waals surface area contributed by atoms with Crippen molar-refractivity contribution >= 4 is 22.4 Å². The van der Waals surface area contributed by atoms with Crippen LogP contribution < -0.4 is 10.6 Å². The minimum absolute atomic E-state index is 0.00903. The van der Waals surface area contributed by atoms with E-state index in [1.807, 2.05) is 18.2 Å². The molecule has 4 nitrogen and oxygen atoms in total. The summed E-state index contributed by atoms with van der Waals surface area (Å²) in [6.07, 6.45) is 3.44. The number of hydrogen-bond acceptors (Lipinski definition) is 3. The second-order valence-electron chi connectivity index (χ2n) is 8.60. The van der Waals surface area contributed by atoms with Gasteiger partial charge in [0.2, 0.25) is 0 Å². The van der Waals surface area contributed by atoms with E-state index in [1.165, 1.54) is 34.9 Å². The van der Waals surface area contributed by atoms with Crippen LogP contribution in [0.2, 0.25) is 0 Å². The molecule has 3 aromatic carbocycles. The van der Waals surface area contributed by atoms with E-state index < -0.39 is 0 Å². The monoisotopic (exact) mass is 383 g/mol. The van der Waals surface area contributed by atoms with Crippen LogP contribution in [0.5, 0.6) is 0 Å². The molecule has 2 aliphatic heterocycles. The summed E-state index contributed by atoms with van der Waals surface area (Å²) in [4.78, 5) is 14.8. The highest BCUT2D eigenvalue weighted by Crippen LogP contribution is 2.51. The number of carbonyl (C=O) groups is 1. The second kappa shape index (κ2) is 6.41. The molecule has 3 aliphatic rings. The third kappa shape index (κ3) is 2.70. The van der Waals surface area contributed by atoms with Gasteiger partial charge in [-0.1, -0.05) is 42.5 Å². The molecule has 146 valence electrons. The Kier molecular flexibility index (Phi) is 3.80. The Bertz CT molecular complexity index is 1110. The molecule has 2 fully saturated rings. The van der Waals surface area contributed by atoms with E-state index in [0.717, 1.165) is 49.2 Å². The summed E-state index contributed by atoms with van der Waals surface area (Å²) in [5, 5.41) is 8.69. The average molecular weight is 383 g/mol. The molecule has 1 saturated carbocycles. The van der Waals surface area contributed by atoms with Gasteiger partial charge in [0.15, 0.2) is 0 Å². The Hall–Kier alpha value is -2.69. The quantitative estimate of drug-likeness (QED) is 0.718. The fourth-order valence-electron chi connectivity index (χ4n) is 5.26. The average Bonchev–Trinajstić information content (AvgIpc) is 3.52. The van der Waals surface area contributed by atoms with Gasteiger partial charge in [0.1, 0.15) is 0 Å². The van der Waals surface area contributed by atoms with Crippen LogP contribution in [0.25, 0.3) is 10.8 Å². The fraction of sp³-hybridized carbons (Fsp3) is 0.320. The van der Waals surface area contributed by atoms with Crippen LogP contribution in [-0.2, 0) is 12.0 Å². The number of nitrogens with one attached hydrogen (secondary N) is 2. The Labute approximate surface area is 170 Å². The Morgan fingerprint density at radius 2 is 1.72 bits per heavy atom. The van der Waals surface area contributed by atoms with Gasteiger partial charge >= 0.3 is 0 Å².